The summed E-state index contributed by atoms with van der Waals surface area (Å²) in [5.74, 6) is -0.129. The summed E-state index contributed by atoms with van der Waals surface area (Å²) in [6.07, 6.45) is 1.46. The fraction of sp³-hybridized carbons (Fsp3) is 0.263. The molecule has 2 aromatic rings. The van der Waals surface area contributed by atoms with Crippen LogP contribution in [-0.4, -0.2) is 16.8 Å². The lowest BCUT2D eigenvalue weighted by Crippen LogP contribution is -2.41. The first-order chi connectivity index (χ1) is 11.1. The molecule has 116 valence electrons. The molecule has 2 aliphatic rings. The summed E-state index contributed by atoms with van der Waals surface area (Å²) in [5, 5.41) is 2.96. The van der Waals surface area contributed by atoms with Gasteiger partial charge in [-0.15, -0.1) is 0 Å². The average molecular weight is 306 g/mol. The number of nitrogens with zero attached hydrogens (tertiary/aromatic N) is 1. The summed E-state index contributed by atoms with van der Waals surface area (Å²) >= 11 is 0. The summed E-state index contributed by atoms with van der Waals surface area (Å²) in [5.41, 5.74) is 3.32. The van der Waals surface area contributed by atoms with E-state index in [1.54, 1.807) is 0 Å². The van der Waals surface area contributed by atoms with E-state index in [4.69, 9.17) is 0 Å². The molecular weight excluding hydrogens is 288 g/mol. The van der Waals surface area contributed by atoms with Gasteiger partial charge >= 0.3 is 6.03 Å². The quantitative estimate of drug-likeness (QED) is 0.867. The smallest absolute Gasteiger partial charge is 0.319 e. The number of hydrogen-bond donors (Lipinski definition) is 1. The van der Waals surface area contributed by atoms with Crippen molar-refractivity contribution in [1.29, 1.82) is 0 Å². The van der Waals surface area contributed by atoms with Crippen molar-refractivity contribution in [3.05, 3.63) is 70.8 Å². The van der Waals surface area contributed by atoms with Crippen LogP contribution in [-0.2, 0) is 23.3 Å². The third-order valence-corrected chi connectivity index (χ3v) is 5.01. The van der Waals surface area contributed by atoms with E-state index in [1.165, 1.54) is 4.90 Å². The number of imide groups is 1. The molecule has 3 amide bonds. The minimum atomic E-state index is -0.865. The number of amides is 3. The Morgan fingerprint density at radius 3 is 2.65 bits per heavy atom. The normalized spacial score (nSPS) is 22.6. The predicted molar refractivity (Wildman–Crippen MR) is 86.7 cm³/mol. The van der Waals surface area contributed by atoms with Gasteiger partial charge in [0.25, 0.3) is 5.91 Å². The van der Waals surface area contributed by atoms with E-state index >= 15 is 0 Å². The zero-order valence-corrected chi connectivity index (χ0v) is 13.0. The van der Waals surface area contributed by atoms with Crippen LogP contribution in [0.15, 0.2) is 48.5 Å². The highest BCUT2D eigenvalue weighted by Gasteiger charge is 2.55. The van der Waals surface area contributed by atoms with Crippen LogP contribution >= 0.6 is 0 Å². The first-order valence-corrected chi connectivity index (χ1v) is 7.89. The Morgan fingerprint density at radius 1 is 1.09 bits per heavy atom. The minimum absolute atomic E-state index is 0.129. The van der Waals surface area contributed by atoms with E-state index in [-0.39, 0.29) is 11.9 Å². The van der Waals surface area contributed by atoms with Gasteiger partial charge in [-0.1, -0.05) is 48.5 Å². The highest BCUT2D eigenvalue weighted by atomic mass is 16.2. The monoisotopic (exact) mass is 306 g/mol. The Hall–Kier alpha value is -2.62. The maximum atomic E-state index is 13.1. The first kappa shape index (κ1) is 14.0. The van der Waals surface area contributed by atoms with E-state index in [0.717, 1.165) is 28.7 Å². The molecule has 4 rings (SSSR count). The van der Waals surface area contributed by atoms with Crippen molar-refractivity contribution in [2.75, 3.05) is 0 Å². The Balaban J connectivity index is 1.69. The molecule has 1 aliphatic heterocycles. The number of nitrogens with one attached hydrogen (secondary N) is 1. The molecule has 1 heterocycles. The number of aryl methyl sites for hydroxylation is 2. The third kappa shape index (κ3) is 1.98. The molecule has 0 saturated carbocycles. The number of carbonyl (C=O) groups excluding carboxylic acids is 2. The van der Waals surface area contributed by atoms with Crippen LogP contribution in [0.25, 0.3) is 0 Å². The van der Waals surface area contributed by atoms with E-state index in [1.807, 2.05) is 55.5 Å². The van der Waals surface area contributed by atoms with Crippen LogP contribution in [0.4, 0.5) is 4.79 Å². The Labute approximate surface area is 135 Å². The molecule has 1 saturated heterocycles. The number of fused-ring (bicyclic) bond motifs is 2. The Kier molecular flexibility index (Phi) is 3.01. The molecule has 1 aliphatic carbocycles. The number of rotatable bonds is 2. The van der Waals surface area contributed by atoms with Crippen LogP contribution in [0.1, 0.15) is 28.7 Å². The molecule has 23 heavy (non-hydrogen) atoms. The second kappa shape index (κ2) is 4.95. The van der Waals surface area contributed by atoms with Crippen molar-refractivity contribution < 1.29 is 9.59 Å². The standard InChI is InChI=1S/C19H18N2O2/c1-13-6-2-3-8-15(13)12-21-17(22)19(20-18(21)23)11-10-14-7-4-5-9-16(14)19/h2-9H,10-12H2,1H3,(H,20,23)/t19-/m1/s1. The molecular formula is C19H18N2O2. The van der Waals surface area contributed by atoms with Gasteiger partial charge in [-0.2, -0.15) is 0 Å². The minimum Gasteiger partial charge on any atom is -0.319 e. The van der Waals surface area contributed by atoms with Crippen LogP contribution < -0.4 is 5.32 Å². The second-order valence-electron chi connectivity index (χ2n) is 6.31. The van der Waals surface area contributed by atoms with E-state index in [9.17, 15) is 9.59 Å². The predicted octanol–water partition coefficient (Wildman–Crippen LogP) is 2.89. The largest absolute Gasteiger partial charge is 0.325 e. The summed E-state index contributed by atoms with van der Waals surface area (Å²) in [6.45, 7) is 2.32. The van der Waals surface area contributed by atoms with E-state index < -0.39 is 5.54 Å². The highest BCUT2D eigenvalue weighted by Crippen LogP contribution is 2.41. The Bertz CT molecular complexity index is 815. The number of benzene rings is 2. The maximum Gasteiger partial charge on any atom is 0.325 e. The van der Waals surface area contributed by atoms with Crippen molar-refractivity contribution >= 4 is 11.9 Å². The maximum absolute atomic E-state index is 13.1. The zero-order chi connectivity index (χ0) is 16.0. The van der Waals surface area contributed by atoms with Crippen molar-refractivity contribution in [3.8, 4) is 0 Å². The van der Waals surface area contributed by atoms with Crippen molar-refractivity contribution in [1.82, 2.24) is 10.2 Å². The van der Waals surface area contributed by atoms with Gasteiger partial charge in [-0.05, 0) is 42.0 Å². The molecule has 2 aromatic carbocycles. The Morgan fingerprint density at radius 2 is 1.83 bits per heavy atom. The number of carbonyl (C=O) groups is 2. The van der Waals surface area contributed by atoms with Gasteiger partial charge in [0.2, 0.25) is 0 Å². The number of hydrogen-bond acceptors (Lipinski definition) is 2. The molecule has 0 radical (unpaired) electrons. The molecule has 0 aromatic heterocycles. The molecule has 1 fully saturated rings. The van der Waals surface area contributed by atoms with Gasteiger partial charge in [0.05, 0.1) is 6.54 Å². The lowest BCUT2D eigenvalue weighted by atomic mass is 9.92. The summed E-state index contributed by atoms with van der Waals surface area (Å²) < 4.78 is 0. The van der Waals surface area contributed by atoms with Crippen molar-refractivity contribution in [3.63, 3.8) is 0 Å². The molecule has 0 bridgehead atoms. The van der Waals surface area contributed by atoms with Crippen molar-refractivity contribution in [2.45, 2.75) is 31.8 Å². The number of urea groups is 1. The summed E-state index contributed by atoms with van der Waals surface area (Å²) in [6, 6.07) is 15.4. The van der Waals surface area contributed by atoms with Gasteiger partial charge in [0.1, 0.15) is 5.54 Å². The third-order valence-electron chi connectivity index (χ3n) is 5.01. The van der Waals surface area contributed by atoms with Crippen LogP contribution in [0.5, 0.6) is 0 Å². The lowest BCUT2D eigenvalue weighted by molar-refractivity contribution is -0.132. The SMILES string of the molecule is Cc1ccccc1CN1C(=O)N[C@@]2(CCc3ccccc32)C1=O. The highest BCUT2D eigenvalue weighted by molar-refractivity contribution is 6.08. The van der Waals surface area contributed by atoms with Gasteiger partial charge in [0, 0.05) is 0 Å². The lowest BCUT2D eigenvalue weighted by Gasteiger charge is -2.22. The van der Waals surface area contributed by atoms with Crippen LogP contribution in [0.2, 0.25) is 0 Å². The summed E-state index contributed by atoms with van der Waals surface area (Å²) in [7, 11) is 0. The van der Waals surface area contributed by atoms with Gasteiger partial charge in [-0.25, -0.2) is 4.79 Å². The fourth-order valence-electron chi connectivity index (χ4n) is 3.69. The van der Waals surface area contributed by atoms with Crippen LogP contribution in [0.3, 0.4) is 0 Å². The zero-order valence-electron chi connectivity index (χ0n) is 13.0. The molecule has 4 heteroatoms. The fourth-order valence-corrected chi connectivity index (χ4v) is 3.69. The first-order valence-electron chi connectivity index (χ1n) is 7.89. The van der Waals surface area contributed by atoms with Gasteiger partial charge in [0.15, 0.2) is 0 Å². The van der Waals surface area contributed by atoms with E-state index in [0.29, 0.717) is 13.0 Å². The van der Waals surface area contributed by atoms with Gasteiger partial charge in [-0.3, -0.25) is 9.69 Å². The molecule has 1 spiro atoms. The molecule has 1 atom stereocenters. The molecule has 1 N–H and O–H groups in total. The van der Waals surface area contributed by atoms with E-state index in [2.05, 4.69) is 5.32 Å². The van der Waals surface area contributed by atoms with Crippen LogP contribution in [0, 0.1) is 6.92 Å². The second-order valence-corrected chi connectivity index (χ2v) is 6.31. The van der Waals surface area contributed by atoms with Gasteiger partial charge < -0.3 is 5.32 Å². The van der Waals surface area contributed by atoms with Crippen molar-refractivity contribution in [2.24, 2.45) is 0 Å². The average Bonchev–Trinajstić information content (AvgIpc) is 3.04. The summed E-state index contributed by atoms with van der Waals surface area (Å²) in [4.78, 5) is 26.9. The molecule has 0 unspecified atom stereocenters. The molecule has 4 nitrogen and oxygen atoms in total. The topological polar surface area (TPSA) is 49.4 Å².